The fraction of sp³-hybridized carbons (Fsp3) is 0.923. The van der Waals surface area contributed by atoms with Crippen LogP contribution in [0.25, 0.3) is 0 Å². The maximum Gasteiger partial charge on any atom is 0.474 e. The molecule has 0 saturated heterocycles. The molecule has 114 valence electrons. The molecule has 0 heterocycles. The first kappa shape index (κ1) is 20.9. The van der Waals surface area contributed by atoms with Crippen LogP contribution in [0.5, 0.6) is 0 Å². The Labute approximate surface area is 117 Å². The van der Waals surface area contributed by atoms with Gasteiger partial charge in [-0.3, -0.25) is 13.6 Å². The van der Waals surface area contributed by atoms with E-state index in [1.165, 1.54) is 0 Å². The Kier molecular flexibility index (Phi) is 17.2. The Balaban J connectivity index is 0. The van der Waals surface area contributed by atoms with Crippen molar-refractivity contribution in [2.24, 2.45) is 0 Å². The van der Waals surface area contributed by atoms with Crippen molar-refractivity contribution in [2.45, 2.75) is 59.3 Å². The fourth-order valence-electron chi connectivity index (χ4n) is 1.07. The van der Waals surface area contributed by atoms with E-state index < -0.39 is 7.82 Å². The minimum Gasteiger partial charge on any atom is -0.287 e. The SMILES string of the molecule is C#N.CCCCOP(=O)(OCCCC)OCCCC. The molecule has 0 aliphatic heterocycles. The molecule has 6 heteroatoms. The Hall–Kier alpha value is -0.400. The van der Waals surface area contributed by atoms with Gasteiger partial charge in [-0.2, -0.15) is 0 Å². The van der Waals surface area contributed by atoms with E-state index in [4.69, 9.17) is 18.8 Å². The van der Waals surface area contributed by atoms with Crippen molar-refractivity contribution >= 4 is 7.82 Å². The Morgan fingerprint density at radius 1 is 0.789 bits per heavy atom. The Bertz CT molecular complexity index is 213. The summed E-state index contributed by atoms with van der Waals surface area (Å²) < 4.78 is 28.0. The number of hydrogen-bond acceptors (Lipinski definition) is 5. The van der Waals surface area contributed by atoms with Crippen LogP contribution in [0, 0.1) is 11.8 Å². The number of nitrogens with zero attached hydrogens (tertiary/aromatic N) is 1. The maximum absolute atomic E-state index is 12.2. The zero-order valence-electron chi connectivity index (χ0n) is 12.5. The summed E-state index contributed by atoms with van der Waals surface area (Å²) in [6.07, 6.45) is 5.63. The van der Waals surface area contributed by atoms with Crippen LogP contribution in [0.1, 0.15) is 59.3 Å². The first-order chi connectivity index (χ1) is 9.18. The van der Waals surface area contributed by atoms with Crippen LogP contribution in [0.15, 0.2) is 0 Å². The van der Waals surface area contributed by atoms with Gasteiger partial charge in [0, 0.05) is 6.57 Å². The van der Waals surface area contributed by atoms with Gasteiger partial charge in [-0.15, -0.1) is 0 Å². The molecular formula is C13H28NO4P. The second-order valence-corrected chi connectivity index (χ2v) is 5.68. The molecule has 0 aliphatic rings. The molecule has 0 spiro atoms. The monoisotopic (exact) mass is 293 g/mol. The van der Waals surface area contributed by atoms with Crippen LogP contribution in [0.3, 0.4) is 0 Å². The highest BCUT2D eigenvalue weighted by Gasteiger charge is 2.25. The van der Waals surface area contributed by atoms with E-state index in [0.29, 0.717) is 19.8 Å². The van der Waals surface area contributed by atoms with Crippen molar-refractivity contribution in [2.75, 3.05) is 19.8 Å². The van der Waals surface area contributed by atoms with Crippen molar-refractivity contribution in [3.63, 3.8) is 0 Å². The number of phosphoric ester groups is 1. The molecular weight excluding hydrogens is 265 g/mol. The van der Waals surface area contributed by atoms with E-state index in [1.54, 1.807) is 0 Å². The van der Waals surface area contributed by atoms with Crippen LogP contribution in [0.2, 0.25) is 0 Å². The summed E-state index contributed by atoms with van der Waals surface area (Å²) in [5.41, 5.74) is 0. The second kappa shape index (κ2) is 15.7. The summed E-state index contributed by atoms with van der Waals surface area (Å²) >= 11 is 0. The van der Waals surface area contributed by atoms with E-state index in [2.05, 4.69) is 27.3 Å². The van der Waals surface area contributed by atoms with Crippen molar-refractivity contribution in [1.82, 2.24) is 0 Å². The molecule has 5 nitrogen and oxygen atoms in total. The highest BCUT2D eigenvalue weighted by atomic mass is 31.2. The molecule has 0 bridgehead atoms. The number of hydrogen-bond donors (Lipinski definition) is 0. The summed E-state index contributed by atoms with van der Waals surface area (Å²) in [7, 11) is -3.31. The highest BCUT2D eigenvalue weighted by molar-refractivity contribution is 7.48. The van der Waals surface area contributed by atoms with E-state index in [1.807, 2.05) is 0 Å². The molecule has 0 fully saturated rings. The maximum atomic E-state index is 12.2. The van der Waals surface area contributed by atoms with Gasteiger partial charge in [0.15, 0.2) is 0 Å². The first-order valence-electron chi connectivity index (χ1n) is 6.98. The lowest BCUT2D eigenvalue weighted by Gasteiger charge is -2.17. The minimum absolute atomic E-state index is 0.437. The molecule has 0 aromatic heterocycles. The average Bonchev–Trinajstić information content (AvgIpc) is 2.42. The average molecular weight is 293 g/mol. The largest absolute Gasteiger partial charge is 0.474 e. The van der Waals surface area contributed by atoms with Gasteiger partial charge >= 0.3 is 7.82 Å². The molecule has 0 saturated carbocycles. The van der Waals surface area contributed by atoms with Crippen LogP contribution in [-0.2, 0) is 18.1 Å². The lowest BCUT2D eigenvalue weighted by atomic mass is 10.4. The van der Waals surface area contributed by atoms with Crippen LogP contribution >= 0.6 is 7.82 Å². The van der Waals surface area contributed by atoms with Crippen molar-refractivity contribution in [3.8, 4) is 6.57 Å². The van der Waals surface area contributed by atoms with Crippen LogP contribution < -0.4 is 0 Å². The third-order valence-electron chi connectivity index (χ3n) is 2.24. The second-order valence-electron chi connectivity index (χ2n) is 4.01. The van der Waals surface area contributed by atoms with Crippen molar-refractivity contribution in [3.05, 3.63) is 0 Å². The number of rotatable bonds is 12. The third kappa shape index (κ3) is 13.8. The van der Waals surface area contributed by atoms with Gasteiger partial charge in [0.05, 0.1) is 19.8 Å². The van der Waals surface area contributed by atoms with Crippen LogP contribution in [-0.4, -0.2) is 19.8 Å². The van der Waals surface area contributed by atoms with Gasteiger partial charge < -0.3 is 0 Å². The van der Waals surface area contributed by atoms with E-state index in [9.17, 15) is 4.57 Å². The van der Waals surface area contributed by atoms with Crippen LogP contribution in [0.4, 0.5) is 0 Å². The van der Waals surface area contributed by atoms with Crippen molar-refractivity contribution in [1.29, 1.82) is 5.26 Å². The quantitative estimate of drug-likeness (QED) is 0.386. The van der Waals surface area contributed by atoms with Gasteiger partial charge in [0.25, 0.3) is 0 Å². The predicted octanol–water partition coefficient (Wildman–Crippen LogP) is 4.68. The standard InChI is InChI=1S/C12H27O4P.CHN/c1-4-7-10-14-17(13,15-11-8-5-2)16-12-9-6-3;1-2/h4-12H2,1-3H3;1H. The van der Waals surface area contributed by atoms with Gasteiger partial charge in [-0.1, -0.05) is 40.0 Å². The summed E-state index contributed by atoms with van der Waals surface area (Å²) in [5, 5.41) is 6.50. The summed E-state index contributed by atoms with van der Waals surface area (Å²) in [6.45, 7) is 11.0. The predicted molar refractivity (Wildman–Crippen MR) is 76.9 cm³/mol. The molecule has 0 aliphatic carbocycles. The summed E-state index contributed by atoms with van der Waals surface area (Å²) in [5.74, 6) is 0. The smallest absolute Gasteiger partial charge is 0.287 e. The molecule has 0 rings (SSSR count). The minimum atomic E-state index is -3.31. The lowest BCUT2D eigenvalue weighted by Crippen LogP contribution is -2.03. The van der Waals surface area contributed by atoms with E-state index in [-0.39, 0.29) is 0 Å². The van der Waals surface area contributed by atoms with E-state index in [0.717, 1.165) is 38.5 Å². The topological polar surface area (TPSA) is 68.5 Å². The van der Waals surface area contributed by atoms with Gasteiger partial charge in [0.1, 0.15) is 0 Å². The molecule has 0 aromatic rings. The Morgan fingerprint density at radius 2 is 1.05 bits per heavy atom. The zero-order valence-corrected chi connectivity index (χ0v) is 13.4. The number of unbranched alkanes of at least 4 members (excludes halogenated alkanes) is 3. The van der Waals surface area contributed by atoms with E-state index >= 15 is 0 Å². The number of phosphoric acid groups is 1. The zero-order chi connectivity index (χ0) is 15.0. The van der Waals surface area contributed by atoms with Gasteiger partial charge in [-0.05, 0) is 19.3 Å². The molecule has 0 atom stereocenters. The summed E-state index contributed by atoms with van der Waals surface area (Å²) in [4.78, 5) is 0. The van der Waals surface area contributed by atoms with Crippen molar-refractivity contribution < 1.29 is 18.1 Å². The Morgan fingerprint density at radius 3 is 1.26 bits per heavy atom. The molecule has 19 heavy (non-hydrogen) atoms. The lowest BCUT2D eigenvalue weighted by molar-refractivity contribution is 0.110. The molecule has 0 radical (unpaired) electrons. The third-order valence-corrected chi connectivity index (χ3v) is 3.74. The molecule has 0 aromatic carbocycles. The molecule has 0 N–H and O–H groups in total. The normalized spacial score (nSPS) is 10.8. The number of nitriles is 1. The molecule has 0 unspecified atom stereocenters. The van der Waals surface area contributed by atoms with Gasteiger partial charge in [-0.25, -0.2) is 9.83 Å². The summed E-state index contributed by atoms with van der Waals surface area (Å²) in [6, 6.07) is 0. The molecule has 0 amide bonds. The first-order valence-corrected chi connectivity index (χ1v) is 8.44. The van der Waals surface area contributed by atoms with Gasteiger partial charge in [0.2, 0.25) is 0 Å². The fourth-order valence-corrected chi connectivity index (χ4v) is 2.36. The highest BCUT2D eigenvalue weighted by Crippen LogP contribution is 2.49.